The van der Waals surface area contributed by atoms with Gasteiger partial charge in [0.1, 0.15) is 5.82 Å². The van der Waals surface area contributed by atoms with E-state index in [1.807, 2.05) is 0 Å². The first kappa shape index (κ1) is 19.2. The molecule has 0 radical (unpaired) electrons. The molecule has 2 heterocycles. The minimum absolute atomic E-state index is 0.0333. The van der Waals surface area contributed by atoms with E-state index in [0.717, 1.165) is 0 Å². The fourth-order valence-electron chi connectivity index (χ4n) is 3.27. The van der Waals surface area contributed by atoms with Gasteiger partial charge < -0.3 is 18.9 Å². The first-order chi connectivity index (χ1) is 14.0. The van der Waals surface area contributed by atoms with Crippen LogP contribution in [-0.2, 0) is 4.79 Å². The van der Waals surface area contributed by atoms with Crippen LogP contribution in [0.3, 0.4) is 0 Å². The van der Waals surface area contributed by atoms with Gasteiger partial charge in [-0.2, -0.15) is 4.98 Å². The van der Waals surface area contributed by atoms with Gasteiger partial charge in [-0.05, 0) is 36.4 Å². The predicted molar refractivity (Wildman–Crippen MR) is 104 cm³/mol. The van der Waals surface area contributed by atoms with Gasteiger partial charge in [0.25, 0.3) is 5.89 Å². The maximum absolute atomic E-state index is 13.4. The van der Waals surface area contributed by atoms with Gasteiger partial charge in [0.2, 0.25) is 5.91 Å². The number of carbonyl (C=O) groups excluding carboxylic acids is 1. The number of aromatic nitrogens is 2. The van der Waals surface area contributed by atoms with E-state index in [-0.39, 0.29) is 23.3 Å². The number of halogens is 2. The molecule has 0 N–H and O–H groups in total. The first-order valence-corrected chi connectivity index (χ1v) is 9.19. The van der Waals surface area contributed by atoms with E-state index in [1.165, 1.54) is 18.2 Å². The highest BCUT2D eigenvalue weighted by atomic mass is 35.5. The standard InChI is InChI=1S/C20H17ClFN3O4/c1-27-16-6-3-11(7-17(16)28-2)20-23-19(24-29-20)12-8-18(26)25(10-12)13-4-5-15(22)14(21)9-13/h3-7,9,12H,8,10H2,1-2H3/t12-/m1/s1. The van der Waals surface area contributed by atoms with E-state index in [2.05, 4.69) is 10.1 Å². The highest BCUT2D eigenvalue weighted by molar-refractivity contribution is 6.31. The number of hydrogen-bond donors (Lipinski definition) is 0. The monoisotopic (exact) mass is 417 g/mol. The summed E-state index contributed by atoms with van der Waals surface area (Å²) in [7, 11) is 3.10. The van der Waals surface area contributed by atoms with Crippen LogP contribution in [0.4, 0.5) is 10.1 Å². The van der Waals surface area contributed by atoms with Crippen LogP contribution in [0.5, 0.6) is 11.5 Å². The molecule has 7 nitrogen and oxygen atoms in total. The molecular formula is C20H17ClFN3O4. The summed E-state index contributed by atoms with van der Waals surface area (Å²) in [6.45, 7) is 0.353. The first-order valence-electron chi connectivity index (χ1n) is 8.81. The molecule has 1 amide bonds. The van der Waals surface area contributed by atoms with E-state index < -0.39 is 5.82 Å². The van der Waals surface area contributed by atoms with Crippen LogP contribution in [0.15, 0.2) is 40.9 Å². The van der Waals surface area contributed by atoms with Gasteiger partial charge in [-0.25, -0.2) is 4.39 Å². The van der Waals surface area contributed by atoms with Crippen LogP contribution in [0.2, 0.25) is 5.02 Å². The SMILES string of the molecule is COc1ccc(-c2nc([C@@H]3CC(=O)N(c4ccc(F)c(Cl)c4)C3)no2)cc1OC. The van der Waals surface area contributed by atoms with E-state index in [4.69, 9.17) is 25.6 Å². The number of nitrogens with zero attached hydrogens (tertiary/aromatic N) is 3. The Bertz CT molecular complexity index is 1070. The summed E-state index contributed by atoms with van der Waals surface area (Å²) in [5.74, 6) is 0.983. The molecule has 0 aliphatic carbocycles. The third-order valence-electron chi connectivity index (χ3n) is 4.78. The number of ether oxygens (including phenoxy) is 2. The molecule has 3 aromatic rings. The van der Waals surface area contributed by atoms with Crippen molar-refractivity contribution in [1.82, 2.24) is 10.1 Å². The second kappa shape index (κ2) is 7.71. The Hall–Kier alpha value is -3.13. The summed E-state index contributed by atoms with van der Waals surface area (Å²) >= 11 is 5.84. The largest absolute Gasteiger partial charge is 0.493 e. The number of amides is 1. The van der Waals surface area contributed by atoms with Crippen LogP contribution in [0, 0.1) is 5.82 Å². The quantitative estimate of drug-likeness (QED) is 0.622. The van der Waals surface area contributed by atoms with Gasteiger partial charge in [0.15, 0.2) is 17.3 Å². The van der Waals surface area contributed by atoms with Gasteiger partial charge in [0.05, 0.1) is 19.2 Å². The molecule has 0 unspecified atom stereocenters. The van der Waals surface area contributed by atoms with Crippen molar-refractivity contribution in [2.45, 2.75) is 12.3 Å². The molecule has 1 atom stereocenters. The van der Waals surface area contributed by atoms with Gasteiger partial charge in [0, 0.05) is 30.1 Å². The second-order valence-corrected chi connectivity index (χ2v) is 6.94. The van der Waals surface area contributed by atoms with Crippen molar-refractivity contribution in [3.8, 4) is 23.0 Å². The number of benzene rings is 2. The molecule has 1 aliphatic rings. The molecule has 150 valence electrons. The fraction of sp³-hybridized carbons (Fsp3) is 0.250. The third-order valence-corrected chi connectivity index (χ3v) is 5.07. The number of rotatable bonds is 5. The zero-order valence-corrected chi connectivity index (χ0v) is 16.4. The molecule has 9 heteroatoms. The maximum Gasteiger partial charge on any atom is 0.258 e. The Morgan fingerprint density at radius 1 is 1.17 bits per heavy atom. The molecule has 0 bridgehead atoms. The predicted octanol–water partition coefficient (Wildman–Crippen LogP) is 4.07. The number of methoxy groups -OCH3 is 2. The molecule has 29 heavy (non-hydrogen) atoms. The topological polar surface area (TPSA) is 77.7 Å². The summed E-state index contributed by atoms with van der Waals surface area (Å²) in [6.07, 6.45) is 0.222. The number of carbonyl (C=O) groups is 1. The van der Waals surface area contributed by atoms with E-state index in [0.29, 0.717) is 41.0 Å². The van der Waals surface area contributed by atoms with Crippen molar-refractivity contribution in [3.05, 3.63) is 53.1 Å². The Labute approximate surface area is 171 Å². The molecule has 4 rings (SSSR count). The normalized spacial score (nSPS) is 16.3. The van der Waals surface area contributed by atoms with Crippen LogP contribution in [0.1, 0.15) is 18.2 Å². The van der Waals surface area contributed by atoms with Crippen molar-refractivity contribution < 1.29 is 23.2 Å². The van der Waals surface area contributed by atoms with E-state index >= 15 is 0 Å². The van der Waals surface area contributed by atoms with Crippen molar-refractivity contribution in [1.29, 1.82) is 0 Å². The Morgan fingerprint density at radius 3 is 2.69 bits per heavy atom. The minimum atomic E-state index is -0.531. The lowest BCUT2D eigenvalue weighted by molar-refractivity contribution is -0.117. The summed E-state index contributed by atoms with van der Waals surface area (Å²) in [6, 6.07) is 9.46. The molecule has 1 fully saturated rings. The molecule has 0 saturated carbocycles. The molecule has 1 saturated heterocycles. The van der Waals surface area contributed by atoms with E-state index in [1.54, 1.807) is 37.3 Å². The molecule has 1 aromatic heterocycles. The molecule has 2 aromatic carbocycles. The Morgan fingerprint density at radius 2 is 1.97 bits per heavy atom. The maximum atomic E-state index is 13.4. The van der Waals surface area contributed by atoms with E-state index in [9.17, 15) is 9.18 Å². The molecule has 1 aliphatic heterocycles. The smallest absolute Gasteiger partial charge is 0.258 e. The second-order valence-electron chi connectivity index (χ2n) is 6.53. The summed E-state index contributed by atoms with van der Waals surface area (Å²) in [4.78, 5) is 18.5. The lowest BCUT2D eigenvalue weighted by Gasteiger charge is -2.16. The van der Waals surface area contributed by atoms with Crippen molar-refractivity contribution in [2.75, 3.05) is 25.7 Å². The minimum Gasteiger partial charge on any atom is -0.493 e. The van der Waals surface area contributed by atoms with Gasteiger partial charge in [-0.3, -0.25) is 4.79 Å². The van der Waals surface area contributed by atoms with Crippen molar-refractivity contribution in [2.24, 2.45) is 0 Å². The molecular weight excluding hydrogens is 401 g/mol. The Kier molecular flexibility index (Phi) is 5.10. The van der Waals surface area contributed by atoms with Crippen LogP contribution in [0.25, 0.3) is 11.5 Å². The lowest BCUT2D eigenvalue weighted by atomic mass is 10.1. The lowest BCUT2D eigenvalue weighted by Crippen LogP contribution is -2.24. The van der Waals surface area contributed by atoms with Crippen LogP contribution < -0.4 is 14.4 Å². The zero-order chi connectivity index (χ0) is 20.5. The number of hydrogen-bond acceptors (Lipinski definition) is 6. The highest BCUT2D eigenvalue weighted by Gasteiger charge is 2.35. The van der Waals surface area contributed by atoms with Crippen molar-refractivity contribution >= 4 is 23.2 Å². The highest BCUT2D eigenvalue weighted by Crippen LogP contribution is 2.35. The van der Waals surface area contributed by atoms with Crippen molar-refractivity contribution in [3.63, 3.8) is 0 Å². The summed E-state index contributed by atoms with van der Waals surface area (Å²) in [5, 5.41) is 4.01. The number of anilines is 1. The van der Waals surface area contributed by atoms with Gasteiger partial charge in [-0.15, -0.1) is 0 Å². The summed E-state index contributed by atoms with van der Waals surface area (Å²) < 4.78 is 29.3. The average molecular weight is 418 g/mol. The van der Waals surface area contributed by atoms with Crippen LogP contribution >= 0.6 is 11.6 Å². The summed E-state index contributed by atoms with van der Waals surface area (Å²) in [5.41, 5.74) is 1.21. The Balaban J connectivity index is 1.56. The van der Waals surface area contributed by atoms with Gasteiger partial charge in [-0.1, -0.05) is 16.8 Å². The fourth-order valence-corrected chi connectivity index (χ4v) is 3.44. The average Bonchev–Trinajstić information content (AvgIpc) is 3.36. The van der Waals surface area contributed by atoms with Gasteiger partial charge >= 0.3 is 0 Å². The zero-order valence-electron chi connectivity index (χ0n) is 15.7. The van der Waals surface area contributed by atoms with Crippen LogP contribution in [-0.4, -0.2) is 36.8 Å². The molecule has 0 spiro atoms. The third kappa shape index (κ3) is 3.63.